The van der Waals surface area contributed by atoms with E-state index in [-0.39, 0.29) is 11.9 Å². The second-order valence-electron chi connectivity index (χ2n) is 8.08. The van der Waals surface area contributed by atoms with Crippen LogP contribution in [0, 0.1) is 0 Å². The van der Waals surface area contributed by atoms with Crippen LogP contribution in [0.1, 0.15) is 34.1 Å². The van der Waals surface area contributed by atoms with E-state index in [4.69, 9.17) is 4.42 Å². The van der Waals surface area contributed by atoms with E-state index in [1.54, 1.807) is 12.1 Å². The molecule has 1 atom stereocenters. The molecule has 3 heterocycles. The predicted octanol–water partition coefficient (Wildman–Crippen LogP) is 3.14. The van der Waals surface area contributed by atoms with Crippen molar-refractivity contribution in [3.63, 3.8) is 0 Å². The molecular formula is C22H29BrN4O2. The van der Waals surface area contributed by atoms with Gasteiger partial charge in [-0.25, -0.2) is 0 Å². The lowest BCUT2D eigenvalue weighted by atomic mass is 9.95. The summed E-state index contributed by atoms with van der Waals surface area (Å²) in [6.07, 6.45) is 2.31. The van der Waals surface area contributed by atoms with Gasteiger partial charge >= 0.3 is 0 Å². The summed E-state index contributed by atoms with van der Waals surface area (Å²) in [6, 6.07) is 10.4. The molecule has 0 aliphatic carbocycles. The summed E-state index contributed by atoms with van der Waals surface area (Å²) in [6.45, 7) is 5.77. The van der Waals surface area contributed by atoms with E-state index >= 15 is 0 Å². The highest BCUT2D eigenvalue weighted by Crippen LogP contribution is 2.31. The minimum absolute atomic E-state index is 0.156. The maximum Gasteiger partial charge on any atom is 0.287 e. The Morgan fingerprint density at radius 2 is 1.93 bits per heavy atom. The van der Waals surface area contributed by atoms with Crippen molar-refractivity contribution in [2.24, 2.45) is 0 Å². The van der Waals surface area contributed by atoms with Crippen molar-refractivity contribution in [3.05, 3.63) is 51.9 Å². The van der Waals surface area contributed by atoms with Crippen molar-refractivity contribution in [1.29, 1.82) is 0 Å². The fraction of sp³-hybridized carbons (Fsp3) is 0.500. The third kappa shape index (κ3) is 4.68. The Bertz CT molecular complexity index is 860. The molecule has 1 aromatic carbocycles. The Hall–Kier alpha value is -1.83. The maximum atomic E-state index is 12.5. The molecule has 2 aliphatic rings. The van der Waals surface area contributed by atoms with Crippen LogP contribution in [0.25, 0.3) is 0 Å². The highest BCUT2D eigenvalue weighted by Gasteiger charge is 2.26. The smallest absolute Gasteiger partial charge is 0.287 e. The number of likely N-dealkylation sites (N-methyl/N-ethyl adjacent to an activating group) is 1. The molecule has 2 aliphatic heterocycles. The van der Waals surface area contributed by atoms with Crippen LogP contribution in [-0.2, 0) is 6.42 Å². The van der Waals surface area contributed by atoms with Gasteiger partial charge in [0.15, 0.2) is 10.4 Å². The first-order chi connectivity index (χ1) is 14.0. The number of rotatable bonds is 5. The van der Waals surface area contributed by atoms with E-state index in [0.717, 1.165) is 39.1 Å². The Balaban J connectivity index is 1.54. The molecule has 7 heteroatoms. The monoisotopic (exact) mass is 460 g/mol. The number of halogens is 1. The Labute approximate surface area is 181 Å². The number of hydrogen-bond acceptors (Lipinski definition) is 5. The standard InChI is InChI=1S/C22H29BrN4O2/c1-25-10-12-27(13-11-25)19(15-24-22(28)20-7-8-21(23)29-20)17-5-6-18-16(14-17)4-3-9-26(18)2/h5-8,14,19H,3-4,9-13,15H2,1-2H3,(H,24,28)/t19-/m0/s1. The zero-order chi connectivity index (χ0) is 20.4. The van der Waals surface area contributed by atoms with Gasteiger partial charge in [-0.1, -0.05) is 12.1 Å². The zero-order valence-corrected chi connectivity index (χ0v) is 18.7. The van der Waals surface area contributed by atoms with Gasteiger partial charge < -0.3 is 19.5 Å². The number of benzene rings is 1. The Morgan fingerprint density at radius 3 is 2.66 bits per heavy atom. The van der Waals surface area contributed by atoms with Crippen LogP contribution in [0.3, 0.4) is 0 Å². The first-order valence-corrected chi connectivity index (χ1v) is 11.1. The zero-order valence-electron chi connectivity index (χ0n) is 17.2. The second kappa shape index (κ2) is 8.90. The lowest BCUT2D eigenvalue weighted by Crippen LogP contribution is -2.48. The van der Waals surface area contributed by atoms with Crippen molar-refractivity contribution in [1.82, 2.24) is 15.1 Å². The van der Waals surface area contributed by atoms with Crippen LogP contribution < -0.4 is 10.2 Å². The number of piperazine rings is 1. The van der Waals surface area contributed by atoms with Crippen molar-refractivity contribution in [3.8, 4) is 0 Å². The number of aryl methyl sites for hydroxylation is 1. The van der Waals surface area contributed by atoms with E-state index in [1.165, 1.54) is 23.2 Å². The molecule has 0 saturated carbocycles. The van der Waals surface area contributed by atoms with E-state index in [1.807, 2.05) is 0 Å². The molecule has 0 unspecified atom stereocenters. The van der Waals surface area contributed by atoms with Gasteiger partial charge in [0.2, 0.25) is 0 Å². The summed E-state index contributed by atoms with van der Waals surface area (Å²) in [7, 11) is 4.33. The largest absolute Gasteiger partial charge is 0.444 e. The van der Waals surface area contributed by atoms with Crippen LogP contribution >= 0.6 is 15.9 Å². The number of carbonyl (C=O) groups is 1. The number of nitrogens with zero attached hydrogens (tertiary/aromatic N) is 3. The van der Waals surface area contributed by atoms with E-state index in [0.29, 0.717) is 17.0 Å². The lowest BCUT2D eigenvalue weighted by molar-refractivity contribution is 0.0862. The van der Waals surface area contributed by atoms with Gasteiger partial charge in [0, 0.05) is 52.0 Å². The molecule has 1 saturated heterocycles. The maximum absolute atomic E-state index is 12.5. The fourth-order valence-corrected chi connectivity index (χ4v) is 4.62. The summed E-state index contributed by atoms with van der Waals surface area (Å²) in [5.74, 6) is 0.161. The van der Waals surface area contributed by atoms with Gasteiger partial charge in [0.25, 0.3) is 5.91 Å². The van der Waals surface area contributed by atoms with Gasteiger partial charge in [-0.2, -0.15) is 0 Å². The summed E-state index contributed by atoms with van der Waals surface area (Å²) < 4.78 is 5.97. The average Bonchev–Trinajstić information content (AvgIpc) is 3.16. The molecule has 1 fully saturated rings. The van der Waals surface area contributed by atoms with Crippen LogP contribution in [0.2, 0.25) is 0 Å². The Kier molecular flexibility index (Phi) is 6.27. The SMILES string of the molecule is CN1CCN([C@@H](CNC(=O)c2ccc(Br)o2)c2ccc3c(c2)CCCN3C)CC1. The number of carbonyl (C=O) groups excluding carboxylic acids is 1. The molecule has 0 spiro atoms. The van der Waals surface area contributed by atoms with Crippen molar-refractivity contribution >= 4 is 27.5 Å². The summed E-state index contributed by atoms with van der Waals surface area (Å²) in [5.41, 5.74) is 4.03. The topological polar surface area (TPSA) is 52.0 Å². The molecule has 0 radical (unpaired) electrons. The Morgan fingerprint density at radius 1 is 1.14 bits per heavy atom. The molecule has 1 N–H and O–H groups in total. The van der Waals surface area contributed by atoms with Crippen LogP contribution in [-0.4, -0.2) is 69.1 Å². The summed E-state index contributed by atoms with van der Waals surface area (Å²) in [5, 5.41) is 3.09. The molecule has 156 valence electrons. The third-order valence-corrected chi connectivity index (χ3v) is 6.50. The summed E-state index contributed by atoms with van der Waals surface area (Å²) >= 11 is 3.26. The normalized spacial score (nSPS) is 19.1. The minimum atomic E-state index is -0.174. The van der Waals surface area contributed by atoms with E-state index in [2.05, 4.69) is 68.2 Å². The molecule has 0 bridgehead atoms. The summed E-state index contributed by atoms with van der Waals surface area (Å²) in [4.78, 5) is 19.7. The predicted molar refractivity (Wildman–Crippen MR) is 119 cm³/mol. The fourth-order valence-electron chi connectivity index (χ4n) is 4.32. The van der Waals surface area contributed by atoms with Gasteiger partial charge in [-0.05, 0) is 65.1 Å². The van der Waals surface area contributed by atoms with E-state index < -0.39 is 0 Å². The van der Waals surface area contributed by atoms with Gasteiger partial charge in [-0.15, -0.1) is 0 Å². The van der Waals surface area contributed by atoms with Gasteiger partial charge in [-0.3, -0.25) is 9.69 Å². The van der Waals surface area contributed by atoms with Crippen molar-refractivity contribution in [2.45, 2.75) is 18.9 Å². The van der Waals surface area contributed by atoms with Crippen LogP contribution in [0.4, 0.5) is 5.69 Å². The molecule has 1 aromatic heterocycles. The third-order valence-electron chi connectivity index (χ3n) is 6.07. The highest BCUT2D eigenvalue weighted by atomic mass is 79.9. The second-order valence-corrected chi connectivity index (χ2v) is 8.86. The highest BCUT2D eigenvalue weighted by molar-refractivity contribution is 9.10. The number of hydrogen-bond donors (Lipinski definition) is 1. The lowest BCUT2D eigenvalue weighted by Gasteiger charge is -2.39. The van der Waals surface area contributed by atoms with Crippen LogP contribution in [0.5, 0.6) is 0 Å². The number of nitrogens with one attached hydrogen (secondary N) is 1. The van der Waals surface area contributed by atoms with Gasteiger partial charge in [0.1, 0.15) is 0 Å². The number of furan rings is 1. The van der Waals surface area contributed by atoms with Crippen molar-refractivity contribution < 1.29 is 9.21 Å². The molecular weight excluding hydrogens is 432 g/mol. The van der Waals surface area contributed by atoms with Crippen LogP contribution in [0.15, 0.2) is 39.4 Å². The number of anilines is 1. The van der Waals surface area contributed by atoms with Gasteiger partial charge in [0.05, 0.1) is 6.04 Å². The first kappa shape index (κ1) is 20.4. The first-order valence-electron chi connectivity index (χ1n) is 10.3. The minimum Gasteiger partial charge on any atom is -0.444 e. The molecule has 2 aromatic rings. The number of amides is 1. The molecule has 6 nitrogen and oxygen atoms in total. The van der Waals surface area contributed by atoms with E-state index in [9.17, 15) is 4.79 Å². The number of fused-ring (bicyclic) bond motifs is 1. The molecule has 1 amide bonds. The molecule has 4 rings (SSSR count). The quantitative estimate of drug-likeness (QED) is 0.742. The average molecular weight is 461 g/mol. The van der Waals surface area contributed by atoms with Crippen molar-refractivity contribution in [2.75, 3.05) is 58.3 Å². The molecule has 29 heavy (non-hydrogen) atoms.